The van der Waals surface area contributed by atoms with E-state index in [0.717, 1.165) is 30.9 Å². The van der Waals surface area contributed by atoms with Gasteiger partial charge in [0.1, 0.15) is 11.5 Å². The van der Waals surface area contributed by atoms with Crippen LogP contribution in [-0.2, 0) is 20.1 Å². The highest BCUT2D eigenvalue weighted by atomic mass is 19.1. The Morgan fingerprint density at radius 3 is 2.61 bits per heavy atom. The highest BCUT2D eigenvalue weighted by molar-refractivity contribution is 5.94. The Hall–Kier alpha value is -2.93. The van der Waals surface area contributed by atoms with Gasteiger partial charge in [0.25, 0.3) is 5.91 Å². The molecular weight excluding hydrogens is 357 g/mol. The van der Waals surface area contributed by atoms with E-state index in [1.807, 2.05) is 47.4 Å². The highest BCUT2D eigenvalue weighted by Gasteiger charge is 2.44. The Kier molecular flexibility index (Phi) is 4.05. The van der Waals surface area contributed by atoms with E-state index < -0.39 is 0 Å². The van der Waals surface area contributed by atoms with Crippen molar-refractivity contribution in [1.82, 2.24) is 24.1 Å². The maximum Gasteiger partial charge on any atom is 0.271 e. The minimum atomic E-state index is -0.260. The van der Waals surface area contributed by atoms with E-state index in [1.54, 1.807) is 12.1 Å². The monoisotopic (exact) mass is 379 g/mol. The van der Waals surface area contributed by atoms with Crippen molar-refractivity contribution in [3.8, 4) is 0 Å². The number of carbonyl (C=O) groups excluding carboxylic acids is 1. The fourth-order valence-electron chi connectivity index (χ4n) is 4.50. The van der Waals surface area contributed by atoms with Crippen LogP contribution in [0.4, 0.5) is 4.39 Å². The molecule has 1 aromatic carbocycles. The molecule has 2 aromatic heterocycles. The van der Waals surface area contributed by atoms with Crippen molar-refractivity contribution < 1.29 is 9.18 Å². The quantitative estimate of drug-likeness (QED) is 0.700. The number of aryl methyl sites for hydroxylation is 1. The topological polar surface area (TPSA) is 46.3 Å². The number of aromatic nitrogens is 3. The molecule has 0 unspecified atom stereocenters. The van der Waals surface area contributed by atoms with E-state index in [1.165, 1.54) is 17.7 Å². The Morgan fingerprint density at radius 1 is 1.07 bits per heavy atom. The van der Waals surface area contributed by atoms with Gasteiger partial charge < -0.3 is 9.47 Å². The van der Waals surface area contributed by atoms with Gasteiger partial charge in [-0.1, -0.05) is 12.1 Å². The van der Waals surface area contributed by atoms with E-state index >= 15 is 0 Å². The third kappa shape index (κ3) is 2.92. The summed E-state index contributed by atoms with van der Waals surface area (Å²) in [6.45, 7) is 3.00. The minimum absolute atomic E-state index is 0.0406. The zero-order chi connectivity index (χ0) is 19.3. The largest absolute Gasteiger partial charge is 0.337 e. The summed E-state index contributed by atoms with van der Waals surface area (Å²) < 4.78 is 17.2. The summed E-state index contributed by atoms with van der Waals surface area (Å²) >= 11 is 0. The van der Waals surface area contributed by atoms with Crippen LogP contribution in [0.1, 0.15) is 27.7 Å². The van der Waals surface area contributed by atoms with Crippen molar-refractivity contribution >= 4 is 5.91 Å². The van der Waals surface area contributed by atoms with Gasteiger partial charge in [-0.15, -0.1) is 0 Å². The van der Waals surface area contributed by atoms with E-state index in [9.17, 15) is 9.18 Å². The summed E-state index contributed by atoms with van der Waals surface area (Å²) in [5, 5.41) is 4.26. The summed E-state index contributed by atoms with van der Waals surface area (Å²) in [6.07, 6.45) is 5.93. The molecule has 1 amide bonds. The van der Waals surface area contributed by atoms with Crippen molar-refractivity contribution in [2.75, 3.05) is 13.1 Å². The van der Waals surface area contributed by atoms with Gasteiger partial charge in [0.05, 0.1) is 18.3 Å². The van der Waals surface area contributed by atoms with Gasteiger partial charge in [-0.2, -0.15) is 5.10 Å². The molecule has 0 N–H and O–H groups in total. The summed E-state index contributed by atoms with van der Waals surface area (Å²) in [6, 6.07) is 10.6. The van der Waals surface area contributed by atoms with Crippen LogP contribution in [0.25, 0.3) is 0 Å². The van der Waals surface area contributed by atoms with Gasteiger partial charge in [-0.05, 0) is 29.8 Å². The number of hydrogen-bond acceptors (Lipinski definition) is 3. The Balaban J connectivity index is 1.43. The number of fused-ring (bicyclic) bond motifs is 3. The zero-order valence-electron chi connectivity index (χ0n) is 15.7. The van der Waals surface area contributed by atoms with Gasteiger partial charge >= 0.3 is 0 Å². The van der Waals surface area contributed by atoms with Crippen LogP contribution < -0.4 is 0 Å². The molecule has 5 rings (SSSR count). The van der Waals surface area contributed by atoms with Gasteiger partial charge in [-0.25, -0.2) is 4.39 Å². The lowest BCUT2D eigenvalue weighted by Gasteiger charge is -2.38. The lowest BCUT2D eigenvalue weighted by Crippen LogP contribution is -2.49. The second-order valence-electron chi connectivity index (χ2n) is 7.71. The van der Waals surface area contributed by atoms with Crippen LogP contribution in [-0.4, -0.2) is 49.2 Å². The molecule has 2 aliphatic heterocycles. The summed E-state index contributed by atoms with van der Waals surface area (Å²) in [5.41, 5.74) is 2.84. The zero-order valence-corrected chi connectivity index (χ0v) is 15.7. The molecule has 144 valence electrons. The average molecular weight is 379 g/mol. The smallest absolute Gasteiger partial charge is 0.271 e. The molecule has 1 fully saturated rings. The molecular formula is C21H22FN5O. The maximum atomic E-state index is 13.3. The number of halogens is 1. The summed E-state index contributed by atoms with van der Waals surface area (Å²) in [4.78, 5) is 17.5. The minimum Gasteiger partial charge on any atom is -0.337 e. The van der Waals surface area contributed by atoms with Gasteiger partial charge in [-0.3, -0.25) is 14.4 Å². The van der Waals surface area contributed by atoms with Crippen molar-refractivity contribution in [2.24, 2.45) is 7.05 Å². The average Bonchev–Trinajstić information content (AvgIpc) is 3.40. The van der Waals surface area contributed by atoms with Crippen molar-refractivity contribution in [3.63, 3.8) is 0 Å². The van der Waals surface area contributed by atoms with Crippen molar-refractivity contribution in [2.45, 2.75) is 25.2 Å². The predicted molar refractivity (Wildman–Crippen MR) is 102 cm³/mol. The van der Waals surface area contributed by atoms with Gasteiger partial charge in [0.2, 0.25) is 0 Å². The van der Waals surface area contributed by atoms with Crippen LogP contribution in [0.2, 0.25) is 0 Å². The van der Waals surface area contributed by atoms with E-state index in [4.69, 9.17) is 0 Å². The van der Waals surface area contributed by atoms with Crippen molar-refractivity contribution in [3.05, 3.63) is 77.6 Å². The van der Waals surface area contributed by atoms with Crippen LogP contribution in [0.5, 0.6) is 0 Å². The lowest BCUT2D eigenvalue weighted by atomic mass is 10.0. The van der Waals surface area contributed by atoms with E-state index in [0.29, 0.717) is 6.54 Å². The fourth-order valence-corrected chi connectivity index (χ4v) is 4.50. The standard InChI is InChI=1S/C21H22FN5O/c1-24-10-16(9-23-24)11-25-13-19-20(14-25)27(12-15-4-6-17(22)7-5-15)21(28)18-3-2-8-26(18)19/h2-10,19-20H,11-14H2,1H3/t19-,20-/m0/s1. The summed E-state index contributed by atoms with van der Waals surface area (Å²) in [5.74, 6) is -0.220. The molecule has 6 nitrogen and oxygen atoms in total. The Morgan fingerprint density at radius 2 is 1.86 bits per heavy atom. The third-order valence-electron chi connectivity index (χ3n) is 5.78. The Bertz CT molecular complexity index is 1010. The first-order valence-corrected chi connectivity index (χ1v) is 9.50. The highest BCUT2D eigenvalue weighted by Crippen LogP contribution is 2.35. The number of carbonyl (C=O) groups is 1. The fraction of sp³-hybridized carbons (Fsp3) is 0.333. The number of benzene rings is 1. The lowest BCUT2D eigenvalue weighted by molar-refractivity contribution is 0.0556. The first-order chi connectivity index (χ1) is 13.6. The molecule has 7 heteroatoms. The van der Waals surface area contributed by atoms with Crippen molar-refractivity contribution in [1.29, 1.82) is 0 Å². The number of nitrogens with zero attached hydrogens (tertiary/aromatic N) is 5. The molecule has 28 heavy (non-hydrogen) atoms. The first-order valence-electron chi connectivity index (χ1n) is 9.50. The van der Waals surface area contributed by atoms with Gasteiger partial charge in [0, 0.05) is 51.2 Å². The maximum absolute atomic E-state index is 13.3. The molecule has 0 spiro atoms. The number of rotatable bonds is 4. The first kappa shape index (κ1) is 17.2. The van der Waals surface area contributed by atoms with E-state index in [2.05, 4.69) is 14.6 Å². The predicted octanol–water partition coefficient (Wildman–Crippen LogP) is 2.44. The summed E-state index contributed by atoms with van der Waals surface area (Å²) in [7, 11) is 1.92. The molecule has 0 radical (unpaired) electrons. The molecule has 4 heterocycles. The van der Waals surface area contributed by atoms with Gasteiger partial charge in [0.15, 0.2) is 0 Å². The molecule has 2 atom stereocenters. The molecule has 1 saturated heterocycles. The van der Waals surface area contributed by atoms with E-state index in [-0.39, 0.29) is 23.8 Å². The van der Waals surface area contributed by atoms with Crippen LogP contribution in [0, 0.1) is 5.82 Å². The number of likely N-dealkylation sites (tertiary alicyclic amines) is 1. The van der Waals surface area contributed by atoms with Crippen LogP contribution >= 0.6 is 0 Å². The molecule has 0 saturated carbocycles. The molecule has 2 aliphatic rings. The SMILES string of the molecule is Cn1cc(CN2C[C@H]3[C@H](C2)n2cccc2C(=O)N3Cc2ccc(F)cc2)cn1. The second-order valence-corrected chi connectivity index (χ2v) is 7.71. The molecule has 0 bridgehead atoms. The third-order valence-corrected chi connectivity index (χ3v) is 5.78. The van der Waals surface area contributed by atoms with Crippen LogP contribution in [0.3, 0.4) is 0 Å². The number of amides is 1. The Labute approximate surface area is 162 Å². The number of hydrogen-bond donors (Lipinski definition) is 0. The molecule has 0 aliphatic carbocycles. The molecule has 3 aromatic rings. The normalized spacial score (nSPS) is 21.8. The van der Waals surface area contributed by atoms with Crippen LogP contribution in [0.15, 0.2) is 55.0 Å². The second kappa shape index (κ2) is 6.60.